The maximum Gasteiger partial charge on any atom is 0.472 e. The normalized spacial score (nSPS) is 13.0. The smallest absolute Gasteiger partial charge is 0.462 e. The second-order valence-electron chi connectivity index (χ2n) is 26.4. The van der Waals surface area contributed by atoms with E-state index in [1.165, 1.54) is 327 Å². The van der Waals surface area contributed by atoms with Gasteiger partial charge in [0.2, 0.25) is 0 Å². The van der Waals surface area contributed by atoms with E-state index in [0.29, 0.717) is 17.4 Å². The third-order valence-electron chi connectivity index (χ3n) is 16.9. The molecule has 0 aromatic carbocycles. The summed E-state index contributed by atoms with van der Waals surface area (Å²) in [5, 5.41) is 0. The summed E-state index contributed by atoms with van der Waals surface area (Å²) in [6, 6.07) is 0. The number of nitrogens with zero attached hydrogens (tertiary/aromatic N) is 1. The van der Waals surface area contributed by atoms with Crippen molar-refractivity contribution < 1.29 is 42.1 Å². The fourth-order valence-electron chi connectivity index (χ4n) is 11.3. The SMILES string of the molecule is CCCCCCCCCCCCCCCCCCCCCCCCCCCCCCCCCCCCCCCCCC(=O)OC(COC(=O)CCCCCCCCCCCCCCCCCCCC)COP(=O)(O)OCC[N+](C)(C)C. The summed E-state index contributed by atoms with van der Waals surface area (Å²) in [5.41, 5.74) is 0. The van der Waals surface area contributed by atoms with E-state index in [1.54, 1.807) is 0 Å². The molecule has 0 aromatic rings. The zero-order chi connectivity index (χ0) is 59.1. The van der Waals surface area contributed by atoms with Gasteiger partial charge in [-0.2, -0.15) is 0 Å². The van der Waals surface area contributed by atoms with Gasteiger partial charge < -0.3 is 18.9 Å². The molecule has 0 saturated heterocycles. The molecule has 10 heteroatoms. The highest BCUT2D eigenvalue weighted by atomic mass is 31.2. The second-order valence-corrected chi connectivity index (χ2v) is 27.8. The summed E-state index contributed by atoms with van der Waals surface area (Å²) in [6.45, 7) is 4.52. The molecule has 484 valence electrons. The van der Waals surface area contributed by atoms with Crippen LogP contribution < -0.4 is 0 Å². The number of ether oxygens (including phenoxy) is 2. The van der Waals surface area contributed by atoms with Crippen LogP contribution in [0.3, 0.4) is 0 Å². The van der Waals surface area contributed by atoms with E-state index in [4.69, 9.17) is 18.5 Å². The van der Waals surface area contributed by atoms with Gasteiger partial charge in [0, 0.05) is 12.8 Å². The van der Waals surface area contributed by atoms with Gasteiger partial charge in [-0.25, -0.2) is 4.57 Å². The number of likely N-dealkylation sites (N-methyl/N-ethyl adjacent to an activating group) is 1. The number of esters is 2. The summed E-state index contributed by atoms with van der Waals surface area (Å²) >= 11 is 0. The summed E-state index contributed by atoms with van der Waals surface area (Å²) in [6.07, 6.45) is 76.7. The van der Waals surface area contributed by atoms with E-state index < -0.39 is 26.5 Å². The number of carbonyl (C=O) groups is 2. The first-order valence-corrected chi connectivity index (χ1v) is 37.8. The van der Waals surface area contributed by atoms with Crippen molar-refractivity contribution in [2.75, 3.05) is 47.5 Å². The van der Waals surface area contributed by atoms with Crippen molar-refractivity contribution in [2.45, 2.75) is 399 Å². The van der Waals surface area contributed by atoms with Crippen LogP contribution in [0.1, 0.15) is 393 Å². The van der Waals surface area contributed by atoms with Crippen LogP contribution in [0, 0.1) is 0 Å². The number of phosphoric acid groups is 1. The van der Waals surface area contributed by atoms with Crippen LogP contribution in [0.4, 0.5) is 0 Å². The van der Waals surface area contributed by atoms with Crippen LogP contribution in [-0.4, -0.2) is 74.9 Å². The Hall–Kier alpha value is -0.990. The third kappa shape index (κ3) is 68.0. The Morgan fingerprint density at radius 2 is 0.556 bits per heavy atom. The average Bonchev–Trinajstić information content (AvgIpc) is 3.43. The van der Waals surface area contributed by atoms with Gasteiger partial charge in [0.25, 0.3) is 0 Å². The average molecular weight is 1170 g/mol. The molecule has 0 bridgehead atoms. The monoisotopic (exact) mass is 1170 g/mol. The Kier molecular flexibility index (Phi) is 62.7. The van der Waals surface area contributed by atoms with E-state index in [1.807, 2.05) is 21.1 Å². The molecule has 0 aliphatic rings. The summed E-state index contributed by atoms with van der Waals surface area (Å²) < 4.78 is 34.7. The molecule has 0 radical (unpaired) electrons. The number of quaternary nitrogens is 1. The third-order valence-corrected chi connectivity index (χ3v) is 17.9. The minimum Gasteiger partial charge on any atom is -0.462 e. The van der Waals surface area contributed by atoms with Gasteiger partial charge in [0.05, 0.1) is 27.7 Å². The highest BCUT2D eigenvalue weighted by Gasteiger charge is 2.27. The Morgan fingerprint density at radius 1 is 0.333 bits per heavy atom. The number of unbranched alkanes of at least 4 members (excludes halogenated alkanes) is 55. The number of carbonyl (C=O) groups excluding carboxylic acids is 2. The van der Waals surface area contributed by atoms with Crippen molar-refractivity contribution in [2.24, 2.45) is 0 Å². The first-order chi connectivity index (χ1) is 39.5. The molecule has 0 aliphatic heterocycles. The van der Waals surface area contributed by atoms with Gasteiger partial charge in [0.15, 0.2) is 6.10 Å². The van der Waals surface area contributed by atoms with Crippen molar-refractivity contribution in [1.82, 2.24) is 0 Å². The number of rotatable bonds is 69. The molecular formula is C71H143NO8P+. The summed E-state index contributed by atoms with van der Waals surface area (Å²) in [7, 11) is 1.51. The van der Waals surface area contributed by atoms with Gasteiger partial charge in [0.1, 0.15) is 19.8 Å². The molecular weight excluding hydrogens is 1030 g/mol. The molecule has 0 rings (SSSR count). The van der Waals surface area contributed by atoms with Crippen molar-refractivity contribution in [1.29, 1.82) is 0 Å². The zero-order valence-corrected chi connectivity index (χ0v) is 56.2. The van der Waals surface area contributed by atoms with Crippen molar-refractivity contribution in [3.05, 3.63) is 0 Å². The van der Waals surface area contributed by atoms with Crippen LogP contribution in [0.25, 0.3) is 0 Å². The molecule has 9 nitrogen and oxygen atoms in total. The fraction of sp³-hybridized carbons (Fsp3) is 0.972. The Balaban J connectivity index is 3.85. The molecule has 0 spiro atoms. The number of hydrogen-bond donors (Lipinski definition) is 1. The maximum atomic E-state index is 12.9. The van der Waals surface area contributed by atoms with E-state index >= 15 is 0 Å². The second kappa shape index (κ2) is 63.5. The molecule has 0 amide bonds. The standard InChI is InChI=1S/C71H142NO8P/c1-6-8-10-12-14-16-18-20-22-24-26-27-28-29-30-31-32-33-34-35-36-37-38-39-40-41-42-43-44-45-46-48-50-52-54-56-58-60-62-64-71(74)80-69(68-79-81(75,76)78-66-65-72(3,4)5)67-77-70(73)63-61-59-57-55-53-51-49-47-25-23-21-19-17-15-13-11-9-7-2/h69H,6-68H2,1-5H3/p+1. The predicted octanol–water partition coefficient (Wildman–Crippen LogP) is 23.3. The fourth-order valence-corrected chi connectivity index (χ4v) is 12.1. The van der Waals surface area contributed by atoms with Crippen LogP contribution in [0.2, 0.25) is 0 Å². The lowest BCUT2D eigenvalue weighted by Gasteiger charge is -2.24. The van der Waals surface area contributed by atoms with Gasteiger partial charge in [-0.1, -0.05) is 367 Å². The summed E-state index contributed by atoms with van der Waals surface area (Å²) in [4.78, 5) is 35.8. The largest absolute Gasteiger partial charge is 0.472 e. The van der Waals surface area contributed by atoms with Crippen LogP contribution in [0.5, 0.6) is 0 Å². The molecule has 0 heterocycles. The highest BCUT2D eigenvalue weighted by molar-refractivity contribution is 7.47. The van der Waals surface area contributed by atoms with Gasteiger partial charge >= 0.3 is 19.8 Å². The van der Waals surface area contributed by atoms with E-state index in [-0.39, 0.29) is 25.6 Å². The lowest BCUT2D eigenvalue weighted by atomic mass is 10.0. The zero-order valence-electron chi connectivity index (χ0n) is 55.3. The molecule has 2 atom stereocenters. The van der Waals surface area contributed by atoms with E-state index in [9.17, 15) is 19.0 Å². The Bertz CT molecular complexity index is 1330. The minimum absolute atomic E-state index is 0.0376. The molecule has 1 N–H and O–H groups in total. The first-order valence-electron chi connectivity index (χ1n) is 36.3. The minimum atomic E-state index is -4.38. The molecule has 0 aliphatic carbocycles. The lowest BCUT2D eigenvalue weighted by Crippen LogP contribution is -2.37. The first kappa shape index (κ1) is 80.0. The van der Waals surface area contributed by atoms with E-state index in [0.717, 1.165) is 38.5 Å². The van der Waals surface area contributed by atoms with E-state index in [2.05, 4.69) is 13.8 Å². The van der Waals surface area contributed by atoms with Crippen molar-refractivity contribution in [3.63, 3.8) is 0 Å². The van der Waals surface area contributed by atoms with Crippen LogP contribution in [0.15, 0.2) is 0 Å². The van der Waals surface area contributed by atoms with Crippen LogP contribution >= 0.6 is 7.82 Å². The number of hydrogen-bond acceptors (Lipinski definition) is 7. The molecule has 0 fully saturated rings. The maximum absolute atomic E-state index is 12.9. The molecule has 81 heavy (non-hydrogen) atoms. The predicted molar refractivity (Wildman–Crippen MR) is 349 cm³/mol. The van der Waals surface area contributed by atoms with Crippen LogP contribution in [-0.2, 0) is 32.7 Å². The number of phosphoric ester groups is 1. The Labute approximate surface area is 505 Å². The molecule has 2 unspecified atom stereocenters. The summed E-state index contributed by atoms with van der Waals surface area (Å²) in [5.74, 6) is -0.769. The van der Waals surface area contributed by atoms with Gasteiger partial charge in [-0.15, -0.1) is 0 Å². The van der Waals surface area contributed by atoms with Gasteiger partial charge in [-0.3, -0.25) is 18.6 Å². The van der Waals surface area contributed by atoms with Crippen molar-refractivity contribution in [3.8, 4) is 0 Å². The van der Waals surface area contributed by atoms with Crippen molar-refractivity contribution >= 4 is 19.8 Å². The topological polar surface area (TPSA) is 108 Å². The Morgan fingerprint density at radius 3 is 0.790 bits per heavy atom. The lowest BCUT2D eigenvalue weighted by molar-refractivity contribution is -0.870. The van der Waals surface area contributed by atoms with Gasteiger partial charge in [-0.05, 0) is 12.8 Å². The molecule has 0 aromatic heterocycles. The quantitative estimate of drug-likeness (QED) is 0.0278. The molecule has 0 saturated carbocycles. The highest BCUT2D eigenvalue weighted by Crippen LogP contribution is 2.43.